The minimum absolute atomic E-state index is 0.0739. The van der Waals surface area contributed by atoms with E-state index in [1.807, 2.05) is 13.8 Å². The monoisotopic (exact) mass is 404 g/mol. The molecule has 0 aromatic carbocycles. The van der Waals surface area contributed by atoms with E-state index >= 15 is 0 Å². The third-order valence-electron chi connectivity index (χ3n) is 7.47. The number of allylic oxidation sites excluding steroid dienone is 3. The molecule has 1 saturated heterocycles. The van der Waals surface area contributed by atoms with E-state index in [2.05, 4.69) is 66.9 Å². The topological polar surface area (TPSA) is 38.8 Å². The van der Waals surface area contributed by atoms with E-state index in [4.69, 9.17) is 9.16 Å². The van der Waals surface area contributed by atoms with E-state index in [0.29, 0.717) is 0 Å². The molecule has 4 atom stereocenters. The maximum absolute atomic E-state index is 13.2. The lowest BCUT2D eigenvalue weighted by atomic mass is 9.59. The number of ether oxygens (including phenoxy) is 1. The minimum atomic E-state index is -1.89. The van der Waals surface area contributed by atoms with Crippen LogP contribution in [0.1, 0.15) is 67.7 Å². The Bertz CT molecular complexity index is 712. The van der Waals surface area contributed by atoms with Gasteiger partial charge in [-0.2, -0.15) is 0 Å². The number of hydrogen-bond donors (Lipinski definition) is 0. The van der Waals surface area contributed by atoms with Gasteiger partial charge in [0.15, 0.2) is 11.4 Å². The van der Waals surface area contributed by atoms with Gasteiger partial charge in [0.1, 0.15) is 0 Å². The highest BCUT2D eigenvalue weighted by Gasteiger charge is 2.68. The lowest BCUT2D eigenvalue weighted by molar-refractivity contribution is -0.136. The third-order valence-corrected chi connectivity index (χ3v) is 11.8. The number of rotatable bonds is 7. The van der Waals surface area contributed by atoms with Gasteiger partial charge >= 0.3 is 0 Å². The number of carbonyl (C=O) groups excluding carboxylic acids is 1. The van der Waals surface area contributed by atoms with Crippen LogP contribution in [0.25, 0.3) is 0 Å². The summed E-state index contributed by atoms with van der Waals surface area (Å²) in [5.74, 6) is 1.19. The highest BCUT2D eigenvalue weighted by atomic mass is 28.4. The van der Waals surface area contributed by atoms with Crippen molar-refractivity contribution >= 4 is 14.1 Å². The maximum Gasteiger partial charge on any atom is 0.250 e. The summed E-state index contributed by atoms with van der Waals surface area (Å²) in [5, 5.41) is 0.142. The van der Waals surface area contributed by atoms with Crippen molar-refractivity contribution in [1.29, 1.82) is 0 Å². The first kappa shape index (κ1) is 23.1. The number of ketones is 1. The number of carbonyl (C=O) groups is 1. The fourth-order valence-corrected chi connectivity index (χ4v) is 5.29. The van der Waals surface area contributed by atoms with Gasteiger partial charge in [0, 0.05) is 5.41 Å². The first-order valence-corrected chi connectivity index (χ1v) is 13.4. The zero-order chi connectivity index (χ0) is 21.7. The summed E-state index contributed by atoms with van der Waals surface area (Å²) in [6.45, 7) is 27.6. The molecular weight excluding hydrogens is 364 g/mol. The van der Waals surface area contributed by atoms with Crippen LogP contribution in [-0.4, -0.2) is 25.8 Å². The quantitative estimate of drug-likeness (QED) is 0.158. The Balaban J connectivity index is 2.08. The van der Waals surface area contributed by atoms with Crippen molar-refractivity contribution in [3.05, 3.63) is 36.1 Å². The van der Waals surface area contributed by atoms with Gasteiger partial charge in [0.2, 0.25) is 8.32 Å². The average Bonchev–Trinajstić information content (AvgIpc) is 3.21. The van der Waals surface area contributed by atoms with Gasteiger partial charge in [0.05, 0.1) is 11.9 Å². The maximum atomic E-state index is 13.2. The second-order valence-electron chi connectivity index (χ2n) is 10.8. The standard InChI is InChI=1S/C24H40O3Si/c1-16(2)19-15-20-24(9,26-20)21(25)23(19,8)14-12-13-17(3)18(4)27-28(10,11)22(5,6)7/h13,19-20H,1,4,12,14-15H2,2-3,5-11H3/b17-13+/t19-,20+,23-,24+/m1/s1. The smallest absolute Gasteiger partial charge is 0.250 e. The predicted octanol–water partition coefficient (Wildman–Crippen LogP) is 6.58. The Kier molecular flexibility index (Phi) is 6.02. The second kappa shape index (κ2) is 7.28. The van der Waals surface area contributed by atoms with Crippen molar-refractivity contribution in [1.82, 2.24) is 0 Å². The fraction of sp³-hybridized carbons (Fsp3) is 0.708. The van der Waals surface area contributed by atoms with Crippen molar-refractivity contribution in [3.8, 4) is 0 Å². The molecular formula is C24H40O3Si. The Morgan fingerprint density at radius 1 is 1.29 bits per heavy atom. The molecule has 0 aromatic rings. The molecule has 2 fully saturated rings. The molecule has 0 N–H and O–H groups in total. The van der Waals surface area contributed by atoms with Gasteiger partial charge in [-0.15, -0.1) is 0 Å². The molecule has 0 radical (unpaired) electrons. The molecule has 4 heteroatoms. The van der Waals surface area contributed by atoms with Crippen LogP contribution in [0.5, 0.6) is 0 Å². The van der Waals surface area contributed by atoms with E-state index in [9.17, 15) is 4.79 Å². The van der Waals surface area contributed by atoms with Crippen LogP contribution in [0, 0.1) is 11.3 Å². The minimum Gasteiger partial charge on any atom is -0.544 e. The Hall–Kier alpha value is -1.13. The molecule has 2 aliphatic rings. The lowest BCUT2D eigenvalue weighted by Gasteiger charge is -2.41. The fourth-order valence-electron chi connectivity index (χ4n) is 4.21. The molecule has 3 nitrogen and oxygen atoms in total. The molecule has 28 heavy (non-hydrogen) atoms. The third kappa shape index (κ3) is 4.09. The van der Waals surface area contributed by atoms with Gasteiger partial charge in [0.25, 0.3) is 0 Å². The van der Waals surface area contributed by atoms with E-state index in [0.717, 1.165) is 36.2 Å². The largest absolute Gasteiger partial charge is 0.544 e. The van der Waals surface area contributed by atoms with Crippen molar-refractivity contribution in [3.63, 3.8) is 0 Å². The first-order valence-electron chi connectivity index (χ1n) is 10.5. The lowest BCUT2D eigenvalue weighted by Crippen LogP contribution is -2.48. The predicted molar refractivity (Wildman–Crippen MR) is 120 cm³/mol. The number of Topliss-reactive ketones (excluding diaryl/α,β-unsaturated/α-hetero) is 1. The molecule has 0 amide bonds. The molecule has 0 unspecified atom stereocenters. The van der Waals surface area contributed by atoms with Crippen LogP contribution in [-0.2, 0) is 14.0 Å². The van der Waals surface area contributed by atoms with Gasteiger partial charge in [-0.3, -0.25) is 4.79 Å². The first-order chi connectivity index (χ1) is 12.6. The van der Waals surface area contributed by atoms with Crippen LogP contribution < -0.4 is 0 Å². The van der Waals surface area contributed by atoms with Gasteiger partial charge in [-0.25, -0.2) is 0 Å². The second-order valence-corrected chi connectivity index (χ2v) is 15.5. The molecule has 0 bridgehead atoms. The summed E-state index contributed by atoms with van der Waals surface area (Å²) in [4.78, 5) is 13.2. The molecule has 2 rings (SSSR count). The van der Waals surface area contributed by atoms with E-state index in [1.54, 1.807) is 0 Å². The Labute approximate surface area is 173 Å². The van der Waals surface area contributed by atoms with E-state index in [-0.39, 0.29) is 22.8 Å². The summed E-state index contributed by atoms with van der Waals surface area (Å²) < 4.78 is 12.1. The normalized spacial score (nSPS) is 33.3. The van der Waals surface area contributed by atoms with Crippen LogP contribution in [0.2, 0.25) is 18.1 Å². The molecule has 1 saturated carbocycles. The molecule has 158 valence electrons. The Morgan fingerprint density at radius 2 is 1.86 bits per heavy atom. The van der Waals surface area contributed by atoms with Crippen molar-refractivity contribution < 1.29 is 14.0 Å². The van der Waals surface area contributed by atoms with Gasteiger partial charge in [-0.1, -0.05) is 52.5 Å². The number of fused-ring (bicyclic) bond motifs is 1. The average molecular weight is 405 g/mol. The van der Waals surface area contributed by atoms with E-state index < -0.39 is 19.3 Å². The summed E-state index contributed by atoms with van der Waals surface area (Å²) in [6.07, 6.45) is 4.76. The van der Waals surface area contributed by atoms with Crippen molar-refractivity contribution in [2.45, 2.75) is 97.6 Å². The molecule has 1 heterocycles. The van der Waals surface area contributed by atoms with Crippen molar-refractivity contribution in [2.75, 3.05) is 0 Å². The zero-order valence-electron chi connectivity index (χ0n) is 19.5. The number of hydrogen-bond acceptors (Lipinski definition) is 3. The summed E-state index contributed by atoms with van der Waals surface area (Å²) in [6, 6.07) is 0. The van der Waals surface area contributed by atoms with Crippen LogP contribution in [0.3, 0.4) is 0 Å². The molecule has 0 spiro atoms. The highest BCUT2D eigenvalue weighted by molar-refractivity contribution is 6.74. The molecule has 1 aliphatic heterocycles. The summed E-state index contributed by atoms with van der Waals surface area (Å²) >= 11 is 0. The SMILES string of the molecule is C=C(O[Si](C)(C)C(C)(C)C)/C(C)=C/CC[C@@]1(C)C(=O)[C@@]2(C)O[C@H]2C[C@@H]1C(=C)C. The van der Waals surface area contributed by atoms with Gasteiger partial charge < -0.3 is 9.16 Å². The zero-order valence-corrected chi connectivity index (χ0v) is 20.5. The summed E-state index contributed by atoms with van der Waals surface area (Å²) in [5.41, 5.74) is 1.15. The van der Waals surface area contributed by atoms with Crippen molar-refractivity contribution in [2.24, 2.45) is 11.3 Å². The van der Waals surface area contributed by atoms with Crippen LogP contribution in [0.4, 0.5) is 0 Å². The van der Waals surface area contributed by atoms with Gasteiger partial charge in [-0.05, 0) is 69.7 Å². The van der Waals surface area contributed by atoms with Crippen LogP contribution >= 0.6 is 0 Å². The van der Waals surface area contributed by atoms with Crippen LogP contribution in [0.15, 0.2) is 36.1 Å². The molecule has 1 aliphatic carbocycles. The molecule has 0 aromatic heterocycles. The highest BCUT2D eigenvalue weighted by Crippen LogP contribution is 2.57. The Morgan fingerprint density at radius 3 is 2.36 bits per heavy atom. The summed E-state index contributed by atoms with van der Waals surface area (Å²) in [7, 11) is -1.89. The number of epoxide rings is 1. The van der Waals surface area contributed by atoms with E-state index in [1.165, 1.54) is 0 Å².